The second-order valence-electron chi connectivity index (χ2n) is 7.11. The van der Waals surface area contributed by atoms with E-state index in [1.165, 1.54) is 34.2 Å². The first-order valence-corrected chi connectivity index (χ1v) is 11.6. The Bertz CT molecular complexity index is 1040. The van der Waals surface area contributed by atoms with E-state index < -0.39 is 0 Å². The normalized spacial score (nSPS) is 14.2. The van der Waals surface area contributed by atoms with Crippen LogP contribution in [0.1, 0.15) is 11.1 Å². The number of nitrogens with zero attached hydrogens (tertiary/aromatic N) is 5. The molecule has 0 radical (unpaired) electrons. The lowest BCUT2D eigenvalue weighted by molar-refractivity contribution is -0.113. The van der Waals surface area contributed by atoms with Gasteiger partial charge in [-0.05, 0) is 31.0 Å². The molecule has 1 N–H and O–H groups in total. The molecule has 2 aromatic heterocycles. The maximum absolute atomic E-state index is 12.4. The molecule has 10 heteroatoms. The highest BCUT2D eigenvalue weighted by molar-refractivity contribution is 7.99. The fourth-order valence-corrected chi connectivity index (χ4v) is 4.56. The van der Waals surface area contributed by atoms with Gasteiger partial charge in [-0.1, -0.05) is 23.9 Å². The van der Waals surface area contributed by atoms with Crippen molar-refractivity contribution in [2.45, 2.75) is 19.0 Å². The minimum Gasteiger partial charge on any atom is -0.378 e. The summed E-state index contributed by atoms with van der Waals surface area (Å²) in [5.41, 5.74) is 4.40. The van der Waals surface area contributed by atoms with Crippen LogP contribution in [0, 0.1) is 13.8 Å². The highest BCUT2D eigenvalue weighted by Crippen LogP contribution is 2.27. The molecule has 158 valence electrons. The third-order valence-corrected chi connectivity index (χ3v) is 6.77. The third kappa shape index (κ3) is 4.66. The van der Waals surface area contributed by atoms with Gasteiger partial charge in [0.15, 0.2) is 10.3 Å². The van der Waals surface area contributed by atoms with Crippen LogP contribution in [0.4, 0.5) is 11.1 Å². The first-order chi connectivity index (χ1) is 14.5. The van der Waals surface area contributed by atoms with Crippen molar-refractivity contribution in [3.8, 4) is 11.3 Å². The van der Waals surface area contributed by atoms with E-state index in [1.807, 2.05) is 17.0 Å². The molecule has 0 atom stereocenters. The molecule has 0 saturated carbocycles. The Hall–Kier alpha value is -2.43. The Kier molecular flexibility index (Phi) is 6.35. The van der Waals surface area contributed by atoms with Crippen molar-refractivity contribution in [2.75, 3.05) is 42.3 Å². The SMILES string of the molecule is Cc1ccc(-c2csc(NC(=O)CSc3nnc(N4CCOCC4)n3C)n2)cc1C. The van der Waals surface area contributed by atoms with E-state index in [0.717, 1.165) is 30.3 Å². The Labute approximate surface area is 183 Å². The molecule has 0 spiro atoms. The minimum atomic E-state index is -0.114. The van der Waals surface area contributed by atoms with E-state index in [0.29, 0.717) is 23.5 Å². The molecular formula is C20H24N6O2S2. The van der Waals surface area contributed by atoms with E-state index in [-0.39, 0.29) is 11.7 Å². The Morgan fingerprint density at radius 2 is 2.03 bits per heavy atom. The van der Waals surface area contributed by atoms with Crippen molar-refractivity contribution in [1.29, 1.82) is 0 Å². The standard InChI is InChI=1S/C20H24N6O2S2/c1-13-4-5-15(10-14(13)2)16-11-29-18(21-16)22-17(27)12-30-20-24-23-19(25(20)3)26-6-8-28-9-7-26/h4-5,10-11H,6-9,12H2,1-3H3,(H,21,22,27). The average Bonchev–Trinajstić information content (AvgIpc) is 3.36. The second-order valence-corrected chi connectivity index (χ2v) is 8.92. The van der Waals surface area contributed by atoms with Crippen LogP contribution >= 0.6 is 23.1 Å². The molecule has 8 nitrogen and oxygen atoms in total. The summed E-state index contributed by atoms with van der Waals surface area (Å²) in [6, 6.07) is 6.26. The van der Waals surface area contributed by atoms with Gasteiger partial charge in [0.25, 0.3) is 0 Å². The largest absolute Gasteiger partial charge is 0.378 e. The van der Waals surface area contributed by atoms with Crippen LogP contribution in [0.25, 0.3) is 11.3 Å². The van der Waals surface area contributed by atoms with E-state index in [9.17, 15) is 4.79 Å². The summed E-state index contributed by atoms with van der Waals surface area (Å²) in [4.78, 5) is 19.1. The third-order valence-electron chi connectivity index (χ3n) is 4.99. The Morgan fingerprint density at radius 3 is 2.80 bits per heavy atom. The van der Waals surface area contributed by atoms with Gasteiger partial charge in [-0.15, -0.1) is 21.5 Å². The smallest absolute Gasteiger partial charge is 0.236 e. The van der Waals surface area contributed by atoms with Crippen LogP contribution in [-0.2, 0) is 16.6 Å². The molecule has 1 saturated heterocycles. The van der Waals surface area contributed by atoms with Crippen LogP contribution in [0.5, 0.6) is 0 Å². The maximum Gasteiger partial charge on any atom is 0.236 e. The second kappa shape index (κ2) is 9.15. The quantitative estimate of drug-likeness (QED) is 0.585. The number of anilines is 2. The number of carbonyl (C=O) groups excluding carboxylic acids is 1. The number of benzene rings is 1. The van der Waals surface area contributed by atoms with Gasteiger partial charge in [0, 0.05) is 31.1 Å². The summed E-state index contributed by atoms with van der Waals surface area (Å²) < 4.78 is 7.30. The number of amides is 1. The lowest BCUT2D eigenvalue weighted by atomic mass is 10.1. The van der Waals surface area contributed by atoms with Gasteiger partial charge in [0.1, 0.15) is 0 Å². The average molecular weight is 445 g/mol. The zero-order valence-electron chi connectivity index (χ0n) is 17.2. The fourth-order valence-electron chi connectivity index (χ4n) is 3.12. The molecule has 0 unspecified atom stereocenters. The number of thiazole rings is 1. The highest BCUT2D eigenvalue weighted by atomic mass is 32.2. The molecule has 0 bridgehead atoms. The lowest BCUT2D eigenvalue weighted by Crippen LogP contribution is -2.37. The summed E-state index contributed by atoms with van der Waals surface area (Å²) in [5.74, 6) is 0.934. The van der Waals surface area contributed by atoms with Crippen LogP contribution in [0.3, 0.4) is 0 Å². The van der Waals surface area contributed by atoms with E-state index >= 15 is 0 Å². The lowest BCUT2D eigenvalue weighted by Gasteiger charge is -2.27. The van der Waals surface area contributed by atoms with E-state index in [2.05, 4.69) is 57.4 Å². The van der Waals surface area contributed by atoms with Gasteiger partial charge in [0.2, 0.25) is 11.9 Å². The number of carbonyl (C=O) groups is 1. The van der Waals surface area contributed by atoms with Crippen LogP contribution in [0.2, 0.25) is 0 Å². The summed E-state index contributed by atoms with van der Waals surface area (Å²) in [7, 11) is 1.92. The van der Waals surface area contributed by atoms with Gasteiger partial charge in [0.05, 0.1) is 24.7 Å². The molecule has 3 heterocycles. The molecule has 1 aromatic carbocycles. The summed E-state index contributed by atoms with van der Waals surface area (Å²) in [6.45, 7) is 7.14. The number of nitrogens with one attached hydrogen (secondary N) is 1. The summed E-state index contributed by atoms with van der Waals surface area (Å²) in [5, 5.41) is 14.7. The predicted molar refractivity (Wildman–Crippen MR) is 120 cm³/mol. The molecule has 3 aromatic rings. The molecule has 1 aliphatic rings. The topological polar surface area (TPSA) is 85.2 Å². The Balaban J connectivity index is 1.34. The van der Waals surface area contributed by atoms with Gasteiger partial charge in [-0.2, -0.15) is 0 Å². The number of aryl methyl sites for hydroxylation is 2. The molecule has 1 amide bonds. The van der Waals surface area contributed by atoms with Crippen LogP contribution in [-0.4, -0.2) is 57.7 Å². The van der Waals surface area contributed by atoms with Crippen LogP contribution in [0.15, 0.2) is 28.7 Å². The minimum absolute atomic E-state index is 0.114. The summed E-state index contributed by atoms with van der Waals surface area (Å²) >= 11 is 2.79. The molecular weight excluding hydrogens is 420 g/mol. The molecule has 4 rings (SSSR count). The monoisotopic (exact) mass is 444 g/mol. The number of morpholine rings is 1. The van der Waals surface area contributed by atoms with E-state index in [1.54, 1.807) is 0 Å². The van der Waals surface area contributed by atoms with Gasteiger partial charge >= 0.3 is 0 Å². The highest BCUT2D eigenvalue weighted by Gasteiger charge is 2.19. The zero-order chi connectivity index (χ0) is 21.1. The van der Waals surface area contributed by atoms with Crippen molar-refractivity contribution in [1.82, 2.24) is 19.7 Å². The van der Waals surface area contributed by atoms with E-state index in [4.69, 9.17) is 4.74 Å². The predicted octanol–water partition coefficient (Wildman–Crippen LogP) is 3.12. The molecule has 0 aliphatic carbocycles. The molecule has 1 aliphatic heterocycles. The Morgan fingerprint density at radius 1 is 1.23 bits per heavy atom. The van der Waals surface area contributed by atoms with Crippen LogP contribution < -0.4 is 10.2 Å². The number of thioether (sulfide) groups is 1. The van der Waals surface area contributed by atoms with Gasteiger partial charge in [-0.25, -0.2) is 4.98 Å². The fraction of sp³-hybridized carbons (Fsp3) is 0.400. The number of aromatic nitrogens is 4. The number of rotatable bonds is 6. The first kappa shape index (κ1) is 20.8. The number of hydrogen-bond donors (Lipinski definition) is 1. The molecule has 30 heavy (non-hydrogen) atoms. The number of hydrogen-bond acceptors (Lipinski definition) is 8. The van der Waals surface area contributed by atoms with Crippen molar-refractivity contribution >= 4 is 40.1 Å². The van der Waals surface area contributed by atoms with Gasteiger partial charge in [-0.3, -0.25) is 9.36 Å². The van der Waals surface area contributed by atoms with Gasteiger partial charge < -0.3 is 15.0 Å². The number of ether oxygens (including phenoxy) is 1. The van der Waals surface area contributed by atoms with Crippen molar-refractivity contribution in [2.24, 2.45) is 7.05 Å². The maximum atomic E-state index is 12.4. The van der Waals surface area contributed by atoms with Crippen molar-refractivity contribution in [3.05, 3.63) is 34.7 Å². The van der Waals surface area contributed by atoms with Crippen molar-refractivity contribution in [3.63, 3.8) is 0 Å². The molecule has 1 fully saturated rings. The summed E-state index contributed by atoms with van der Waals surface area (Å²) in [6.07, 6.45) is 0. The van der Waals surface area contributed by atoms with Crippen molar-refractivity contribution < 1.29 is 9.53 Å². The first-order valence-electron chi connectivity index (χ1n) is 9.69. The zero-order valence-corrected chi connectivity index (χ0v) is 18.8.